The van der Waals surface area contributed by atoms with Crippen molar-refractivity contribution in [2.45, 2.75) is 20.8 Å². The molecule has 0 saturated heterocycles. The number of nitrogens with one attached hydrogen (secondary N) is 2. The van der Waals surface area contributed by atoms with Crippen LogP contribution in [0.2, 0.25) is 0 Å². The standard InChI is InChI=1S/C13H10BN4O.C2H6.W/c1-9-3-2-4-12(18-9)13(19)15-8-11(14)5-10-6-16-17-7-10;1-2;/h2-6H,1H3,(H,15,19)(H,16,17);1-2H3;/q-1;;. The Kier molecular flexibility index (Phi) is 7.68. The van der Waals surface area contributed by atoms with Crippen LogP contribution in [0.1, 0.15) is 35.6 Å². The molecule has 1 amide bonds. The second-order valence-corrected chi connectivity index (χ2v) is 5.46. The van der Waals surface area contributed by atoms with Gasteiger partial charge in [-0.1, -0.05) is 13.8 Å². The van der Waals surface area contributed by atoms with E-state index in [0.717, 1.165) is 30.6 Å². The zero-order valence-electron chi connectivity index (χ0n) is 12.7. The number of hydrogen-bond donors (Lipinski definition) is 2. The van der Waals surface area contributed by atoms with Gasteiger partial charge in [-0.3, -0.25) is 0 Å². The molecule has 0 fully saturated rings. The third kappa shape index (κ3) is 5.53. The number of H-pyrrole nitrogens is 1. The molecule has 5 nitrogen and oxygen atoms in total. The van der Waals surface area contributed by atoms with Crippen molar-refractivity contribution in [2.75, 3.05) is 0 Å². The van der Waals surface area contributed by atoms with Crippen molar-refractivity contribution in [1.29, 1.82) is 0 Å². The van der Waals surface area contributed by atoms with Crippen LogP contribution in [-0.4, -0.2) is 33.0 Å². The summed E-state index contributed by atoms with van der Waals surface area (Å²) < 4.78 is 0.632. The zero-order chi connectivity index (χ0) is 16.5. The molecule has 2 aromatic rings. The minimum absolute atomic E-state index is 0.272. The van der Waals surface area contributed by atoms with E-state index in [9.17, 15) is 4.79 Å². The molecule has 0 aromatic carbocycles. The van der Waals surface area contributed by atoms with Crippen molar-refractivity contribution in [3.8, 4) is 0 Å². The molecule has 0 aliphatic heterocycles. The maximum absolute atomic E-state index is 12.0. The van der Waals surface area contributed by atoms with Crippen LogP contribution in [0.25, 0.3) is 6.08 Å². The summed E-state index contributed by atoms with van der Waals surface area (Å²) in [6, 6.07) is 5.29. The van der Waals surface area contributed by atoms with E-state index in [1.165, 1.54) is 0 Å². The van der Waals surface area contributed by atoms with Crippen LogP contribution in [0.15, 0.2) is 29.9 Å². The number of aromatic amines is 1. The molecule has 2 radical (unpaired) electrons. The first kappa shape index (κ1) is 18.2. The average Bonchev–Trinajstić information content (AvgIpc) is 3.02. The van der Waals surface area contributed by atoms with Crippen molar-refractivity contribution in [3.63, 3.8) is 0 Å². The predicted octanol–water partition coefficient (Wildman–Crippen LogP) is 1.56. The molecule has 2 aromatic heterocycles. The van der Waals surface area contributed by atoms with Gasteiger partial charge >= 0.3 is 128 Å². The van der Waals surface area contributed by atoms with Gasteiger partial charge in [-0.25, -0.2) is 0 Å². The molecule has 0 bridgehead atoms. The molecular weight excluding hydrogens is 447 g/mol. The van der Waals surface area contributed by atoms with Crippen molar-refractivity contribution in [2.24, 2.45) is 0 Å². The molecule has 7 heteroatoms. The number of nitrogens with zero attached hydrogens (tertiary/aromatic N) is 2. The van der Waals surface area contributed by atoms with Gasteiger partial charge in [0.25, 0.3) is 0 Å². The molecule has 0 atom stereocenters. The molecule has 0 aliphatic carbocycles. The van der Waals surface area contributed by atoms with Crippen LogP contribution in [0, 0.1) is 13.1 Å². The number of aryl methyl sites for hydroxylation is 1. The van der Waals surface area contributed by atoms with Gasteiger partial charge in [0, 0.05) is 0 Å². The molecular formula is C15H16BN4OW-. The summed E-state index contributed by atoms with van der Waals surface area (Å²) in [4.78, 5) is 16.2. The van der Waals surface area contributed by atoms with Crippen molar-refractivity contribution >= 4 is 23.9 Å². The maximum atomic E-state index is 12.0. The van der Waals surface area contributed by atoms with E-state index in [0.29, 0.717) is 15.2 Å². The van der Waals surface area contributed by atoms with E-state index in [1.54, 1.807) is 24.4 Å². The first-order valence-electron chi connectivity index (χ1n) is 6.74. The molecule has 0 spiro atoms. The zero-order valence-corrected chi connectivity index (χ0v) is 15.6. The van der Waals surface area contributed by atoms with Gasteiger partial charge in [0.05, 0.1) is 0 Å². The van der Waals surface area contributed by atoms with Crippen molar-refractivity contribution in [3.05, 3.63) is 53.0 Å². The Balaban J connectivity index is 0.00000116. The number of carbonyl (C=O) groups excluding carboxylic acids is 1. The summed E-state index contributed by atoms with van der Waals surface area (Å²) in [5.41, 5.74) is 2.36. The number of amides is 1. The Morgan fingerprint density at radius 1 is 1.45 bits per heavy atom. The summed E-state index contributed by atoms with van der Waals surface area (Å²) >= 11 is 1.05. The van der Waals surface area contributed by atoms with Crippen LogP contribution in [-0.2, 0) is 19.4 Å². The molecule has 112 valence electrons. The second-order valence-electron chi connectivity index (χ2n) is 4.00. The number of rotatable bonds is 4. The van der Waals surface area contributed by atoms with Gasteiger partial charge in [0.15, 0.2) is 0 Å². The SMILES string of the molecule is CC.[B]C(=Cc1[c-][nH]nc1)[C](=[W])NC(=O)c1cccc(C)n1. The van der Waals surface area contributed by atoms with Gasteiger partial charge in [0.2, 0.25) is 0 Å². The first-order chi connectivity index (χ1) is 10.6. The van der Waals surface area contributed by atoms with Gasteiger partial charge in [-0.2, -0.15) is 0 Å². The Hall–Kier alpha value is -1.81. The first-order valence-corrected chi connectivity index (χ1v) is 8.20. The van der Waals surface area contributed by atoms with E-state index >= 15 is 0 Å². The number of aromatic nitrogens is 3. The van der Waals surface area contributed by atoms with Crippen LogP contribution in [0.5, 0.6) is 0 Å². The van der Waals surface area contributed by atoms with Gasteiger partial charge in [-0.15, -0.1) is 0 Å². The third-order valence-electron chi connectivity index (χ3n) is 2.39. The Labute approximate surface area is 142 Å². The Morgan fingerprint density at radius 3 is 2.77 bits per heavy atom. The van der Waals surface area contributed by atoms with Gasteiger partial charge < -0.3 is 0 Å². The van der Waals surface area contributed by atoms with Crippen molar-refractivity contribution in [1.82, 2.24) is 20.5 Å². The molecule has 0 aliphatic rings. The molecule has 2 rings (SSSR count). The average molecular weight is 463 g/mol. The van der Waals surface area contributed by atoms with Crippen LogP contribution >= 0.6 is 0 Å². The topological polar surface area (TPSA) is 70.7 Å². The predicted molar refractivity (Wildman–Crippen MR) is 83.9 cm³/mol. The van der Waals surface area contributed by atoms with E-state index < -0.39 is 0 Å². The quantitative estimate of drug-likeness (QED) is 0.535. The molecule has 2 N–H and O–H groups in total. The van der Waals surface area contributed by atoms with Crippen molar-refractivity contribution < 1.29 is 24.1 Å². The van der Waals surface area contributed by atoms with Crippen LogP contribution in [0.4, 0.5) is 0 Å². The normalized spacial score (nSPS) is 10.4. The van der Waals surface area contributed by atoms with E-state index in [1.807, 2.05) is 26.8 Å². The summed E-state index contributed by atoms with van der Waals surface area (Å²) in [6.45, 7) is 5.83. The summed E-state index contributed by atoms with van der Waals surface area (Å²) in [5.74, 6) is -0.272. The Morgan fingerprint density at radius 2 is 2.18 bits per heavy atom. The number of carbonyl (C=O) groups is 1. The summed E-state index contributed by atoms with van der Waals surface area (Å²) in [5, 5.41) is 9.09. The third-order valence-corrected chi connectivity index (χ3v) is 3.60. The number of hydrogen-bond acceptors (Lipinski definition) is 3. The molecule has 2 heterocycles. The van der Waals surface area contributed by atoms with Crippen LogP contribution < -0.4 is 5.32 Å². The van der Waals surface area contributed by atoms with E-state index in [2.05, 4.69) is 26.7 Å². The second kappa shape index (κ2) is 9.26. The van der Waals surface area contributed by atoms with E-state index in [4.69, 9.17) is 7.85 Å². The molecule has 0 saturated carbocycles. The summed E-state index contributed by atoms with van der Waals surface area (Å²) in [6.07, 6.45) is 6.08. The summed E-state index contributed by atoms with van der Waals surface area (Å²) in [7, 11) is 5.91. The Bertz CT molecular complexity index is 668. The fourth-order valence-corrected chi connectivity index (χ4v) is 1.99. The molecule has 0 unspecified atom stereocenters. The van der Waals surface area contributed by atoms with Gasteiger partial charge in [-0.05, 0) is 0 Å². The monoisotopic (exact) mass is 463 g/mol. The van der Waals surface area contributed by atoms with Crippen LogP contribution in [0.3, 0.4) is 0 Å². The number of pyridine rings is 1. The fourth-order valence-electron chi connectivity index (χ4n) is 1.45. The fraction of sp³-hybridized carbons (Fsp3) is 0.200. The molecule has 22 heavy (non-hydrogen) atoms. The van der Waals surface area contributed by atoms with E-state index in [-0.39, 0.29) is 5.91 Å². The minimum atomic E-state index is -0.272. The van der Waals surface area contributed by atoms with Gasteiger partial charge in [0.1, 0.15) is 0 Å².